The van der Waals surface area contributed by atoms with Crippen molar-refractivity contribution in [1.29, 1.82) is 0 Å². The SMILES string of the molecule is CS(=O)(=O)c1ccc(Br)c(S(=O)(=O)Oc2cccc(F)c2)c1. The van der Waals surface area contributed by atoms with Crippen LogP contribution >= 0.6 is 15.9 Å². The maximum absolute atomic E-state index is 13.1. The number of sulfone groups is 1. The summed E-state index contributed by atoms with van der Waals surface area (Å²) in [6.07, 6.45) is 0.958. The fourth-order valence-corrected chi connectivity index (χ4v) is 4.18. The van der Waals surface area contributed by atoms with Crippen LogP contribution in [-0.2, 0) is 20.0 Å². The first-order valence-electron chi connectivity index (χ1n) is 5.79. The Balaban J connectivity index is 2.50. The van der Waals surface area contributed by atoms with Crippen molar-refractivity contribution >= 4 is 35.9 Å². The molecule has 0 spiro atoms. The number of rotatable bonds is 4. The third-order valence-electron chi connectivity index (χ3n) is 2.60. The topological polar surface area (TPSA) is 77.5 Å². The lowest BCUT2D eigenvalue weighted by atomic mass is 10.3. The van der Waals surface area contributed by atoms with Crippen molar-refractivity contribution in [3.8, 4) is 5.75 Å². The van der Waals surface area contributed by atoms with Crippen molar-refractivity contribution in [2.75, 3.05) is 6.26 Å². The summed E-state index contributed by atoms with van der Waals surface area (Å²) in [6.45, 7) is 0. The van der Waals surface area contributed by atoms with Gasteiger partial charge in [0.15, 0.2) is 9.84 Å². The van der Waals surface area contributed by atoms with Crippen LogP contribution in [0.1, 0.15) is 0 Å². The first-order chi connectivity index (χ1) is 10.1. The van der Waals surface area contributed by atoms with Gasteiger partial charge in [0.2, 0.25) is 0 Å². The van der Waals surface area contributed by atoms with Gasteiger partial charge in [0.05, 0.1) is 4.90 Å². The van der Waals surface area contributed by atoms with E-state index < -0.39 is 25.8 Å². The van der Waals surface area contributed by atoms with Crippen LogP contribution in [0.4, 0.5) is 4.39 Å². The van der Waals surface area contributed by atoms with E-state index in [9.17, 15) is 21.2 Å². The van der Waals surface area contributed by atoms with Crippen molar-refractivity contribution < 1.29 is 25.4 Å². The maximum atomic E-state index is 13.1. The largest absolute Gasteiger partial charge is 0.379 e. The van der Waals surface area contributed by atoms with Crippen molar-refractivity contribution in [1.82, 2.24) is 0 Å². The standard InChI is InChI=1S/C13H10BrFO5S2/c1-21(16,17)11-5-6-12(14)13(8-11)22(18,19)20-10-4-2-3-9(15)7-10/h2-8H,1H3. The lowest BCUT2D eigenvalue weighted by Gasteiger charge is -2.10. The Hall–Kier alpha value is -1.45. The molecule has 0 saturated carbocycles. The molecule has 0 radical (unpaired) electrons. The minimum absolute atomic E-state index is 0.135. The smallest absolute Gasteiger partial charge is 0.340 e. The average molecular weight is 409 g/mol. The van der Waals surface area contributed by atoms with Gasteiger partial charge in [0.25, 0.3) is 0 Å². The molecule has 0 saturated heterocycles. The Bertz CT molecular complexity index is 923. The van der Waals surface area contributed by atoms with Gasteiger partial charge in [-0.2, -0.15) is 8.42 Å². The monoisotopic (exact) mass is 408 g/mol. The summed E-state index contributed by atoms with van der Waals surface area (Å²) >= 11 is 3.03. The molecule has 0 heterocycles. The molecule has 0 atom stereocenters. The second kappa shape index (κ2) is 5.98. The molecule has 0 aromatic heterocycles. The highest BCUT2D eigenvalue weighted by Gasteiger charge is 2.23. The summed E-state index contributed by atoms with van der Waals surface area (Å²) in [6, 6.07) is 8.15. The Kier molecular flexibility index (Phi) is 4.59. The van der Waals surface area contributed by atoms with E-state index in [1.165, 1.54) is 24.3 Å². The molecular weight excluding hydrogens is 399 g/mol. The van der Waals surface area contributed by atoms with Gasteiger partial charge in [-0.25, -0.2) is 12.8 Å². The minimum Gasteiger partial charge on any atom is -0.379 e. The lowest BCUT2D eigenvalue weighted by molar-refractivity contribution is 0.482. The number of hydrogen-bond acceptors (Lipinski definition) is 5. The van der Waals surface area contributed by atoms with E-state index in [1.807, 2.05) is 0 Å². The molecule has 9 heteroatoms. The minimum atomic E-state index is -4.32. The van der Waals surface area contributed by atoms with Gasteiger partial charge in [-0.05, 0) is 46.3 Å². The van der Waals surface area contributed by atoms with E-state index in [4.69, 9.17) is 4.18 Å². The summed E-state index contributed by atoms with van der Waals surface area (Å²) in [4.78, 5) is -0.531. The molecule has 2 aromatic carbocycles. The molecule has 22 heavy (non-hydrogen) atoms. The summed E-state index contributed by atoms with van der Waals surface area (Å²) in [5, 5.41) is 0. The van der Waals surface area contributed by atoms with Gasteiger partial charge in [-0.15, -0.1) is 0 Å². The third-order valence-corrected chi connectivity index (χ3v) is 5.95. The molecule has 2 rings (SSSR count). The predicted molar refractivity (Wildman–Crippen MR) is 81.5 cm³/mol. The van der Waals surface area contributed by atoms with Gasteiger partial charge in [0, 0.05) is 16.8 Å². The van der Waals surface area contributed by atoms with Crippen molar-refractivity contribution in [2.24, 2.45) is 0 Å². The highest BCUT2D eigenvalue weighted by atomic mass is 79.9. The van der Waals surface area contributed by atoms with Crippen LogP contribution < -0.4 is 4.18 Å². The molecule has 0 fully saturated rings. The average Bonchev–Trinajstić information content (AvgIpc) is 2.36. The van der Waals surface area contributed by atoms with Crippen LogP contribution in [-0.4, -0.2) is 23.1 Å². The van der Waals surface area contributed by atoms with Crippen LogP contribution in [0, 0.1) is 5.82 Å². The van der Waals surface area contributed by atoms with Gasteiger partial charge >= 0.3 is 10.1 Å². The fourth-order valence-electron chi connectivity index (χ4n) is 1.60. The summed E-state index contributed by atoms with van der Waals surface area (Å²) in [7, 11) is -7.90. The predicted octanol–water partition coefficient (Wildman–Crippen LogP) is 2.76. The molecule has 0 N–H and O–H groups in total. The van der Waals surface area contributed by atoms with Crippen LogP contribution in [0.5, 0.6) is 5.75 Å². The first-order valence-corrected chi connectivity index (χ1v) is 9.88. The Labute approximate surface area is 135 Å². The quantitative estimate of drug-likeness (QED) is 0.726. The summed E-state index contributed by atoms with van der Waals surface area (Å²) in [5.74, 6) is -0.867. The molecule has 0 unspecified atom stereocenters. The maximum Gasteiger partial charge on any atom is 0.340 e. The van der Waals surface area contributed by atoms with Gasteiger partial charge in [-0.1, -0.05) is 6.07 Å². The van der Waals surface area contributed by atoms with Crippen LogP contribution in [0.15, 0.2) is 56.7 Å². The Morgan fingerprint density at radius 2 is 1.73 bits per heavy atom. The van der Waals surface area contributed by atoms with Gasteiger partial charge < -0.3 is 4.18 Å². The summed E-state index contributed by atoms with van der Waals surface area (Å²) < 4.78 is 65.6. The molecule has 0 bridgehead atoms. The van der Waals surface area contributed by atoms with Crippen molar-refractivity contribution in [2.45, 2.75) is 9.79 Å². The van der Waals surface area contributed by atoms with Crippen LogP contribution in [0.25, 0.3) is 0 Å². The molecule has 5 nitrogen and oxygen atoms in total. The molecule has 0 aliphatic carbocycles. The second-order valence-electron chi connectivity index (χ2n) is 4.36. The van der Waals surface area contributed by atoms with Gasteiger partial charge in [-0.3, -0.25) is 0 Å². The van der Waals surface area contributed by atoms with E-state index in [2.05, 4.69) is 15.9 Å². The van der Waals surface area contributed by atoms with Crippen LogP contribution in [0.3, 0.4) is 0 Å². The van der Waals surface area contributed by atoms with Crippen molar-refractivity contribution in [3.63, 3.8) is 0 Å². The molecule has 118 valence electrons. The fraction of sp³-hybridized carbons (Fsp3) is 0.0769. The Morgan fingerprint density at radius 1 is 1.05 bits per heavy atom. The second-order valence-corrected chi connectivity index (χ2v) is 8.74. The molecule has 0 amide bonds. The molecule has 0 aliphatic rings. The zero-order valence-electron chi connectivity index (χ0n) is 11.2. The van der Waals surface area contributed by atoms with Crippen molar-refractivity contribution in [3.05, 3.63) is 52.8 Å². The summed E-state index contributed by atoms with van der Waals surface area (Å²) in [5.41, 5.74) is 0. The third kappa shape index (κ3) is 3.84. The normalized spacial score (nSPS) is 12.1. The van der Waals surface area contributed by atoms with E-state index >= 15 is 0 Å². The molecule has 0 aliphatic heterocycles. The van der Waals surface area contributed by atoms with E-state index in [0.717, 1.165) is 24.5 Å². The highest BCUT2D eigenvalue weighted by molar-refractivity contribution is 9.10. The molecular formula is C13H10BrFO5S2. The van der Waals surface area contributed by atoms with E-state index in [-0.39, 0.29) is 20.0 Å². The van der Waals surface area contributed by atoms with Crippen LogP contribution in [0.2, 0.25) is 0 Å². The molecule has 2 aromatic rings. The highest BCUT2D eigenvalue weighted by Crippen LogP contribution is 2.28. The zero-order chi connectivity index (χ0) is 16.5. The zero-order valence-corrected chi connectivity index (χ0v) is 14.4. The van der Waals surface area contributed by atoms with Gasteiger partial charge in [0.1, 0.15) is 16.5 Å². The number of hydrogen-bond donors (Lipinski definition) is 0. The lowest BCUT2D eigenvalue weighted by Crippen LogP contribution is -2.11. The van der Waals surface area contributed by atoms with E-state index in [1.54, 1.807) is 0 Å². The number of benzene rings is 2. The number of halogens is 2. The van der Waals surface area contributed by atoms with E-state index in [0.29, 0.717) is 0 Å². The first kappa shape index (κ1) is 16.9. The Morgan fingerprint density at radius 3 is 2.32 bits per heavy atom.